The second-order valence-corrected chi connectivity index (χ2v) is 11.4. The van der Waals surface area contributed by atoms with Gasteiger partial charge < -0.3 is 10.3 Å². The van der Waals surface area contributed by atoms with Crippen LogP contribution >= 0.6 is 22.6 Å². The molecule has 0 unspecified atom stereocenters. The smallest absolute Gasteiger partial charge is 0.256 e. The van der Waals surface area contributed by atoms with E-state index in [9.17, 15) is 4.79 Å². The number of rotatable bonds is 11. The van der Waals surface area contributed by atoms with Crippen LogP contribution in [0.25, 0.3) is 21.8 Å². The summed E-state index contributed by atoms with van der Waals surface area (Å²) in [5.41, 5.74) is 4.86. The van der Waals surface area contributed by atoms with Crippen LogP contribution in [0.4, 0.5) is 5.82 Å². The van der Waals surface area contributed by atoms with Crippen molar-refractivity contribution in [2.75, 3.05) is 23.3 Å². The number of anilines is 1. The lowest BCUT2D eigenvalue weighted by Gasteiger charge is -2.17. The Morgan fingerprint density at radius 2 is 1.95 bits per heavy atom. The minimum absolute atomic E-state index is 0.156. The van der Waals surface area contributed by atoms with Gasteiger partial charge in [-0.1, -0.05) is 54.3 Å². The van der Waals surface area contributed by atoms with Gasteiger partial charge in [0, 0.05) is 46.9 Å². The van der Waals surface area contributed by atoms with Gasteiger partial charge in [0.15, 0.2) is 0 Å². The summed E-state index contributed by atoms with van der Waals surface area (Å²) in [5, 5.41) is 9.93. The molecule has 1 aliphatic rings. The molecule has 1 fully saturated rings. The van der Waals surface area contributed by atoms with E-state index in [-0.39, 0.29) is 5.91 Å². The normalized spacial score (nSPS) is 16.2. The van der Waals surface area contributed by atoms with Crippen molar-refractivity contribution >= 4 is 56.1 Å². The largest absolute Gasteiger partial charge is 0.357 e. The number of nitrogens with one attached hydrogen (secondary N) is 2. The fraction of sp³-hybridized carbons (Fsp3) is 0.483. The lowest BCUT2D eigenvalue weighted by atomic mass is 10.1. The number of carbonyl (C=O) groups is 1. The van der Waals surface area contributed by atoms with Crippen LogP contribution in [0.5, 0.6) is 0 Å². The Morgan fingerprint density at radius 3 is 2.73 bits per heavy atom. The minimum atomic E-state index is -0.156. The zero-order valence-electron chi connectivity index (χ0n) is 21.9. The van der Waals surface area contributed by atoms with Crippen LogP contribution < -0.4 is 5.32 Å². The van der Waals surface area contributed by atoms with Crippen molar-refractivity contribution in [1.29, 1.82) is 0 Å². The third-order valence-electron chi connectivity index (χ3n) is 7.60. The van der Waals surface area contributed by atoms with Gasteiger partial charge in [-0.2, -0.15) is 5.10 Å². The molecule has 1 atom stereocenters. The van der Waals surface area contributed by atoms with Crippen LogP contribution in [0.15, 0.2) is 36.5 Å². The predicted molar refractivity (Wildman–Crippen MR) is 160 cm³/mol. The Labute approximate surface area is 232 Å². The lowest BCUT2D eigenvalue weighted by molar-refractivity contribution is 0.102. The number of aromatic nitrogens is 4. The third kappa shape index (κ3) is 6.00. The van der Waals surface area contributed by atoms with E-state index in [0.29, 0.717) is 17.4 Å². The number of amides is 1. The predicted octanol–water partition coefficient (Wildman–Crippen LogP) is 7.02. The Hall–Kier alpha value is -2.46. The molecule has 0 aliphatic carbocycles. The number of benzene rings is 1. The monoisotopic (exact) mass is 612 g/mol. The molecule has 7 nitrogen and oxygen atoms in total. The average Bonchev–Trinajstić information content (AvgIpc) is 3.59. The van der Waals surface area contributed by atoms with Crippen molar-refractivity contribution in [3.63, 3.8) is 0 Å². The number of carbonyl (C=O) groups excluding carboxylic acids is 1. The molecule has 0 spiro atoms. The summed E-state index contributed by atoms with van der Waals surface area (Å²) in [5.74, 6) is 0.398. The second-order valence-electron chi connectivity index (χ2n) is 10.3. The van der Waals surface area contributed by atoms with E-state index in [2.05, 4.69) is 60.6 Å². The Bertz CT molecular complexity index is 1380. The summed E-state index contributed by atoms with van der Waals surface area (Å²) in [6.45, 7) is 4.04. The number of aromatic amines is 1. The number of aryl methyl sites for hydroxylation is 2. The highest BCUT2D eigenvalue weighted by Gasteiger charge is 2.24. The quantitative estimate of drug-likeness (QED) is 0.109. The molecule has 0 radical (unpaired) electrons. The first-order valence-electron chi connectivity index (χ1n) is 13.6. The Kier molecular flexibility index (Phi) is 8.44. The van der Waals surface area contributed by atoms with Gasteiger partial charge in [0.1, 0.15) is 5.82 Å². The molecular formula is C29H37IN6O. The van der Waals surface area contributed by atoms with Crippen molar-refractivity contribution in [1.82, 2.24) is 24.6 Å². The molecule has 0 saturated carbocycles. The van der Waals surface area contributed by atoms with E-state index in [4.69, 9.17) is 5.10 Å². The molecular weight excluding hydrogens is 575 g/mol. The maximum Gasteiger partial charge on any atom is 0.256 e. The molecule has 2 N–H and O–H groups in total. The molecule has 0 bridgehead atoms. The van der Waals surface area contributed by atoms with Crippen LogP contribution in [0.1, 0.15) is 79.2 Å². The summed E-state index contributed by atoms with van der Waals surface area (Å²) < 4.78 is 3.32. The van der Waals surface area contributed by atoms with Gasteiger partial charge in [0.05, 0.1) is 16.7 Å². The van der Waals surface area contributed by atoms with Crippen LogP contribution in [0.3, 0.4) is 0 Å². The van der Waals surface area contributed by atoms with Crippen LogP contribution in [0.2, 0.25) is 0 Å². The third-order valence-corrected chi connectivity index (χ3v) is 8.36. The van der Waals surface area contributed by atoms with Crippen molar-refractivity contribution in [2.24, 2.45) is 0 Å². The molecule has 1 saturated heterocycles. The molecule has 196 valence electrons. The number of unbranched alkanes of at least 4 members (excludes halogenated alkanes) is 5. The van der Waals surface area contributed by atoms with Crippen molar-refractivity contribution in [2.45, 2.75) is 70.9 Å². The van der Waals surface area contributed by atoms with Gasteiger partial charge in [0.2, 0.25) is 0 Å². The standard InChI is InChI=1S/C29H37IN6O/c1-20-23-12-11-21(17-27(23)36(34-20)15-8-6-4-3-5-7-13-30)29(37)33-28-18-24-22(19-31-28)16-25(32-24)26-10-9-14-35(26)2/h11-12,16-19,26,32H,3-10,13-15H2,1-2H3,(H,31,33,37)/t26-/m1/s1. The first kappa shape index (κ1) is 26.2. The van der Waals surface area contributed by atoms with Gasteiger partial charge in [-0.25, -0.2) is 4.98 Å². The molecule has 1 amide bonds. The molecule has 37 heavy (non-hydrogen) atoms. The maximum atomic E-state index is 13.2. The average molecular weight is 613 g/mol. The number of fused-ring (bicyclic) bond motifs is 2. The summed E-state index contributed by atoms with van der Waals surface area (Å²) in [4.78, 5) is 23.6. The zero-order chi connectivity index (χ0) is 25.8. The van der Waals surface area contributed by atoms with Gasteiger partial charge in [-0.05, 0) is 68.8 Å². The highest BCUT2D eigenvalue weighted by Crippen LogP contribution is 2.32. The summed E-state index contributed by atoms with van der Waals surface area (Å²) in [7, 11) is 2.17. The van der Waals surface area contributed by atoms with E-state index < -0.39 is 0 Å². The number of nitrogens with zero attached hydrogens (tertiary/aromatic N) is 4. The molecule has 8 heteroatoms. The van der Waals surface area contributed by atoms with Gasteiger partial charge in [-0.3, -0.25) is 14.4 Å². The fourth-order valence-electron chi connectivity index (χ4n) is 5.50. The number of alkyl halides is 1. The highest BCUT2D eigenvalue weighted by atomic mass is 127. The number of pyridine rings is 1. The van der Waals surface area contributed by atoms with E-state index in [1.807, 2.05) is 37.4 Å². The lowest BCUT2D eigenvalue weighted by Crippen LogP contribution is -2.17. The van der Waals surface area contributed by atoms with E-state index in [1.54, 1.807) is 0 Å². The SMILES string of the molecule is Cc1nn(CCCCCCCCI)c2cc(C(=O)Nc3cc4[nH]c([C@H]5CCCN5C)cc4cn3)ccc12. The number of hydrogen-bond donors (Lipinski definition) is 2. The highest BCUT2D eigenvalue weighted by molar-refractivity contribution is 14.1. The summed E-state index contributed by atoms with van der Waals surface area (Å²) in [6, 6.07) is 10.4. The van der Waals surface area contributed by atoms with E-state index >= 15 is 0 Å². The minimum Gasteiger partial charge on any atom is -0.357 e. The first-order valence-corrected chi connectivity index (χ1v) is 15.1. The Balaban J connectivity index is 1.26. The number of halogens is 1. The van der Waals surface area contributed by atoms with Crippen LogP contribution in [-0.2, 0) is 6.54 Å². The fourth-order valence-corrected chi connectivity index (χ4v) is 6.04. The van der Waals surface area contributed by atoms with Crippen molar-refractivity contribution < 1.29 is 4.79 Å². The van der Waals surface area contributed by atoms with Crippen molar-refractivity contribution in [3.8, 4) is 0 Å². The Morgan fingerprint density at radius 1 is 1.14 bits per heavy atom. The topological polar surface area (TPSA) is 78.8 Å². The molecule has 4 heterocycles. The molecule has 3 aromatic heterocycles. The molecule has 1 aromatic carbocycles. The van der Waals surface area contributed by atoms with E-state index in [0.717, 1.165) is 53.4 Å². The van der Waals surface area contributed by atoms with Gasteiger partial charge >= 0.3 is 0 Å². The first-order chi connectivity index (χ1) is 18.0. The maximum absolute atomic E-state index is 13.2. The summed E-state index contributed by atoms with van der Waals surface area (Å²) >= 11 is 2.45. The van der Waals surface area contributed by atoms with Gasteiger partial charge in [0.25, 0.3) is 5.91 Å². The molecule has 4 aromatic rings. The van der Waals surface area contributed by atoms with Crippen LogP contribution in [0, 0.1) is 6.92 Å². The van der Waals surface area contributed by atoms with Crippen molar-refractivity contribution in [3.05, 3.63) is 53.5 Å². The number of hydrogen-bond acceptors (Lipinski definition) is 4. The van der Waals surface area contributed by atoms with Crippen LogP contribution in [-0.4, -0.2) is 48.6 Å². The summed E-state index contributed by atoms with van der Waals surface area (Å²) in [6.07, 6.45) is 11.8. The van der Waals surface area contributed by atoms with E-state index in [1.165, 1.54) is 48.6 Å². The number of likely N-dealkylation sites (tertiary alicyclic amines) is 1. The molecule has 1 aliphatic heterocycles. The number of H-pyrrole nitrogens is 1. The zero-order valence-corrected chi connectivity index (χ0v) is 24.1. The second kappa shape index (κ2) is 11.9. The van der Waals surface area contributed by atoms with Gasteiger partial charge in [-0.15, -0.1) is 0 Å². The molecule has 5 rings (SSSR count).